The van der Waals surface area contributed by atoms with Crippen LogP contribution in [0.3, 0.4) is 0 Å². The van der Waals surface area contributed by atoms with Gasteiger partial charge >= 0.3 is 0 Å². The summed E-state index contributed by atoms with van der Waals surface area (Å²) in [5, 5.41) is 10.6. The van der Waals surface area contributed by atoms with Gasteiger partial charge in [0.05, 0.1) is 25.0 Å². The van der Waals surface area contributed by atoms with Gasteiger partial charge in [0.2, 0.25) is 0 Å². The summed E-state index contributed by atoms with van der Waals surface area (Å²) in [5.41, 5.74) is 0. The third kappa shape index (κ3) is 1.22. The Bertz CT molecular complexity index is 187. The lowest BCUT2D eigenvalue weighted by Gasteiger charge is -2.41. The molecule has 1 saturated carbocycles. The first-order valence-corrected chi connectivity index (χ1v) is 4.85. The van der Waals surface area contributed by atoms with E-state index in [1.165, 1.54) is 30.6 Å². The number of hydrogen-bond donors (Lipinski definition) is 1. The Kier molecular flexibility index (Phi) is 2.05. The van der Waals surface area contributed by atoms with Crippen molar-refractivity contribution in [2.45, 2.75) is 44.2 Å². The molecule has 0 bridgehead atoms. The highest BCUT2D eigenvalue weighted by Gasteiger charge is 2.40. The van der Waals surface area contributed by atoms with Crippen molar-refractivity contribution in [3.05, 3.63) is 0 Å². The molecule has 2 atom stereocenters. The summed E-state index contributed by atoms with van der Waals surface area (Å²) in [5.74, 6) is -0.844. The maximum absolute atomic E-state index is 10.6. The maximum atomic E-state index is 10.6. The number of carboxylic acid groups (broad SMARTS) is 1. The number of aliphatic carboxylic acids is 1. The molecule has 1 aliphatic carbocycles. The number of nitrogens with one attached hydrogen (secondary N) is 1. The number of carbonyl (C=O) groups excluding carboxylic acids is 1. The number of carboxylic acids is 1. The minimum Gasteiger partial charge on any atom is -0.544 e. The van der Waals surface area contributed by atoms with E-state index in [0.717, 1.165) is 13.0 Å². The van der Waals surface area contributed by atoms with Crippen LogP contribution in [0.15, 0.2) is 0 Å². The average Bonchev–Trinajstić information content (AvgIpc) is 2.35. The number of quaternary nitrogens is 1. The summed E-state index contributed by atoms with van der Waals surface area (Å²) >= 11 is 0. The number of carbonyl (C=O) groups is 1. The highest BCUT2D eigenvalue weighted by Crippen LogP contribution is 2.17. The van der Waals surface area contributed by atoms with Crippen molar-refractivity contribution >= 4 is 5.97 Å². The summed E-state index contributed by atoms with van der Waals surface area (Å²) in [6, 6.07) is 0.440. The Labute approximate surface area is 72.4 Å². The fourth-order valence-corrected chi connectivity index (χ4v) is 2.51. The topological polar surface area (TPSA) is 44.6 Å². The molecular weight excluding hydrogens is 154 g/mol. The largest absolute Gasteiger partial charge is 0.544 e. The summed E-state index contributed by atoms with van der Waals surface area (Å²) in [6.45, 7) is 1.04. The SMILES string of the molecule is O=C([O-])[C@H]1CC[NH+]1C1CCCC1. The van der Waals surface area contributed by atoms with Crippen molar-refractivity contribution in [3.63, 3.8) is 0 Å². The highest BCUT2D eigenvalue weighted by atomic mass is 16.4. The predicted molar refractivity (Wildman–Crippen MR) is 41.5 cm³/mol. The molecule has 0 aromatic carbocycles. The lowest BCUT2D eigenvalue weighted by Crippen LogP contribution is -3.26. The molecule has 2 aliphatic rings. The van der Waals surface area contributed by atoms with E-state index in [9.17, 15) is 9.90 Å². The van der Waals surface area contributed by atoms with Crippen LogP contribution in [0.25, 0.3) is 0 Å². The molecule has 12 heavy (non-hydrogen) atoms. The second-order valence-electron chi connectivity index (χ2n) is 3.97. The summed E-state index contributed by atoms with van der Waals surface area (Å²) in [6.07, 6.45) is 5.84. The van der Waals surface area contributed by atoms with Crippen LogP contribution < -0.4 is 10.0 Å². The van der Waals surface area contributed by atoms with E-state index in [-0.39, 0.29) is 6.04 Å². The zero-order valence-electron chi connectivity index (χ0n) is 7.21. The van der Waals surface area contributed by atoms with E-state index in [2.05, 4.69) is 0 Å². The normalized spacial score (nSPS) is 36.3. The van der Waals surface area contributed by atoms with Gasteiger partial charge in [-0.2, -0.15) is 0 Å². The summed E-state index contributed by atoms with van der Waals surface area (Å²) < 4.78 is 0. The van der Waals surface area contributed by atoms with Gasteiger partial charge in [-0.25, -0.2) is 0 Å². The van der Waals surface area contributed by atoms with Crippen LogP contribution in [0.2, 0.25) is 0 Å². The van der Waals surface area contributed by atoms with Crippen molar-refractivity contribution in [1.29, 1.82) is 0 Å². The Morgan fingerprint density at radius 3 is 2.33 bits per heavy atom. The van der Waals surface area contributed by atoms with E-state index in [1.807, 2.05) is 0 Å². The van der Waals surface area contributed by atoms with Crippen molar-refractivity contribution in [1.82, 2.24) is 0 Å². The zero-order valence-corrected chi connectivity index (χ0v) is 7.21. The van der Waals surface area contributed by atoms with Gasteiger partial charge in [0.15, 0.2) is 0 Å². The minimum absolute atomic E-state index is 0.187. The minimum atomic E-state index is -0.844. The Balaban J connectivity index is 1.91. The van der Waals surface area contributed by atoms with Crippen LogP contribution >= 0.6 is 0 Å². The van der Waals surface area contributed by atoms with Crippen LogP contribution in [0.1, 0.15) is 32.1 Å². The van der Waals surface area contributed by atoms with Crippen LogP contribution in [-0.4, -0.2) is 24.6 Å². The molecule has 3 heteroatoms. The van der Waals surface area contributed by atoms with Crippen molar-refractivity contribution in [2.75, 3.05) is 6.54 Å². The van der Waals surface area contributed by atoms with Crippen LogP contribution in [-0.2, 0) is 4.79 Å². The monoisotopic (exact) mass is 169 g/mol. The molecule has 1 saturated heterocycles. The molecule has 0 spiro atoms. The average molecular weight is 169 g/mol. The Hall–Kier alpha value is -0.570. The van der Waals surface area contributed by atoms with Gasteiger partial charge in [0.1, 0.15) is 6.04 Å². The first-order valence-electron chi connectivity index (χ1n) is 4.85. The van der Waals surface area contributed by atoms with Gasteiger partial charge in [0.25, 0.3) is 0 Å². The number of likely N-dealkylation sites (tertiary alicyclic amines) is 1. The van der Waals surface area contributed by atoms with Crippen molar-refractivity contribution in [3.8, 4) is 0 Å². The Morgan fingerprint density at radius 1 is 1.25 bits per heavy atom. The second kappa shape index (κ2) is 3.05. The van der Waals surface area contributed by atoms with Gasteiger partial charge in [-0.1, -0.05) is 0 Å². The van der Waals surface area contributed by atoms with E-state index in [1.54, 1.807) is 0 Å². The first-order chi connectivity index (χ1) is 5.79. The highest BCUT2D eigenvalue weighted by molar-refractivity contribution is 5.70. The molecular formula is C9H15NO2. The van der Waals surface area contributed by atoms with Gasteiger partial charge < -0.3 is 14.8 Å². The predicted octanol–water partition coefficient (Wildman–Crippen LogP) is -1.66. The molecule has 1 aliphatic heterocycles. The molecule has 3 nitrogen and oxygen atoms in total. The van der Waals surface area contributed by atoms with Crippen molar-refractivity contribution < 1.29 is 14.8 Å². The maximum Gasteiger partial charge on any atom is 0.133 e. The third-order valence-corrected chi connectivity index (χ3v) is 3.33. The molecule has 0 radical (unpaired) electrons. The molecule has 1 unspecified atom stereocenters. The Morgan fingerprint density at radius 2 is 1.92 bits per heavy atom. The van der Waals surface area contributed by atoms with E-state index >= 15 is 0 Å². The van der Waals surface area contributed by atoms with E-state index in [0.29, 0.717) is 6.04 Å². The van der Waals surface area contributed by atoms with Crippen LogP contribution in [0.4, 0.5) is 0 Å². The standard InChI is InChI=1S/C9H15NO2/c11-9(12)8-5-6-10(8)7-3-1-2-4-7/h7-8H,1-6H2,(H,11,12)/t8-/m1/s1. The number of hydrogen-bond acceptors (Lipinski definition) is 2. The van der Waals surface area contributed by atoms with Gasteiger partial charge in [-0.15, -0.1) is 0 Å². The fraction of sp³-hybridized carbons (Fsp3) is 0.889. The van der Waals surface area contributed by atoms with Gasteiger partial charge in [-0.05, 0) is 25.7 Å². The molecule has 0 aromatic rings. The molecule has 0 aromatic heterocycles. The zero-order chi connectivity index (χ0) is 8.55. The smallest absolute Gasteiger partial charge is 0.133 e. The fourth-order valence-electron chi connectivity index (χ4n) is 2.51. The third-order valence-electron chi connectivity index (χ3n) is 3.33. The molecule has 1 N–H and O–H groups in total. The lowest BCUT2D eigenvalue weighted by molar-refractivity contribution is -0.981. The van der Waals surface area contributed by atoms with Gasteiger partial charge in [0, 0.05) is 0 Å². The molecule has 2 fully saturated rings. The molecule has 0 amide bonds. The lowest BCUT2D eigenvalue weighted by atomic mass is 9.99. The van der Waals surface area contributed by atoms with Crippen LogP contribution in [0.5, 0.6) is 0 Å². The van der Waals surface area contributed by atoms with Crippen LogP contribution in [0, 0.1) is 0 Å². The first kappa shape index (κ1) is 8.05. The summed E-state index contributed by atoms with van der Waals surface area (Å²) in [4.78, 5) is 11.9. The quantitative estimate of drug-likeness (QED) is 0.537. The molecule has 1 heterocycles. The van der Waals surface area contributed by atoms with E-state index in [4.69, 9.17) is 0 Å². The van der Waals surface area contributed by atoms with Gasteiger partial charge in [-0.3, -0.25) is 0 Å². The summed E-state index contributed by atoms with van der Waals surface area (Å²) in [7, 11) is 0. The second-order valence-corrected chi connectivity index (χ2v) is 3.97. The molecule has 2 rings (SSSR count). The number of rotatable bonds is 2. The molecule has 68 valence electrons. The van der Waals surface area contributed by atoms with E-state index < -0.39 is 5.97 Å². The van der Waals surface area contributed by atoms with Crippen molar-refractivity contribution in [2.24, 2.45) is 0 Å².